The van der Waals surface area contributed by atoms with Gasteiger partial charge in [0.05, 0.1) is 12.7 Å². The molecular weight excluding hydrogens is 152 g/mol. The number of nitrogens with one attached hydrogen (secondary N) is 1. The average Bonchev–Trinajstić information content (AvgIpc) is 2.16. The van der Waals surface area contributed by atoms with E-state index in [2.05, 4.69) is 5.32 Å². The Balaban J connectivity index is 2.58. The highest BCUT2D eigenvalue weighted by molar-refractivity contribution is 5.44. The molecule has 0 aromatic heterocycles. The molecule has 0 radical (unpaired) electrons. The van der Waals surface area contributed by atoms with Gasteiger partial charge < -0.3 is 10.4 Å². The van der Waals surface area contributed by atoms with Crippen molar-refractivity contribution in [1.82, 2.24) is 0 Å². The fraction of sp³-hybridized carbons (Fsp3) is 0.222. The third-order valence-electron chi connectivity index (χ3n) is 1.45. The van der Waals surface area contributed by atoms with Crippen molar-refractivity contribution in [3.8, 4) is 6.07 Å². The molecule has 1 rings (SSSR count). The van der Waals surface area contributed by atoms with Crippen LogP contribution in [-0.4, -0.2) is 17.8 Å². The normalized spacial score (nSPS) is 11.7. The predicted octanol–water partition coefficient (Wildman–Crippen LogP) is 0.983. The first-order valence-corrected chi connectivity index (χ1v) is 3.69. The fourth-order valence-corrected chi connectivity index (χ4v) is 0.854. The Kier molecular flexibility index (Phi) is 3.12. The van der Waals surface area contributed by atoms with Gasteiger partial charge >= 0.3 is 0 Å². The smallest absolute Gasteiger partial charge is 0.137 e. The highest BCUT2D eigenvalue weighted by Gasteiger charge is 2.02. The minimum Gasteiger partial charge on any atom is -0.393 e. The minimum atomic E-state index is -0.521. The van der Waals surface area contributed by atoms with Crippen molar-refractivity contribution in [1.29, 1.82) is 5.26 Å². The average molecular weight is 162 g/mol. The number of hydrogen-bond donors (Lipinski definition) is 2. The topological polar surface area (TPSA) is 56.0 Å². The molecule has 1 aromatic carbocycles. The number of benzene rings is 1. The van der Waals surface area contributed by atoms with Crippen molar-refractivity contribution in [3.63, 3.8) is 0 Å². The highest BCUT2D eigenvalue weighted by Crippen LogP contribution is 2.05. The zero-order chi connectivity index (χ0) is 8.81. The summed E-state index contributed by atoms with van der Waals surface area (Å²) in [6.45, 7) is -0.175. The predicted molar refractivity (Wildman–Crippen MR) is 46.6 cm³/mol. The van der Waals surface area contributed by atoms with Crippen molar-refractivity contribution in [3.05, 3.63) is 30.3 Å². The van der Waals surface area contributed by atoms with Gasteiger partial charge in [-0.15, -0.1) is 0 Å². The van der Waals surface area contributed by atoms with Crippen LogP contribution >= 0.6 is 0 Å². The summed E-state index contributed by atoms with van der Waals surface area (Å²) in [6, 6.07) is 10.7. The van der Waals surface area contributed by atoms with Crippen LogP contribution in [0.2, 0.25) is 0 Å². The number of para-hydroxylation sites is 1. The molecule has 12 heavy (non-hydrogen) atoms. The van der Waals surface area contributed by atoms with Gasteiger partial charge in [0.1, 0.15) is 6.04 Å². The molecular formula is C9H10N2O. The van der Waals surface area contributed by atoms with E-state index in [4.69, 9.17) is 10.4 Å². The number of nitrogens with zero attached hydrogens (tertiary/aromatic N) is 1. The summed E-state index contributed by atoms with van der Waals surface area (Å²) in [5.74, 6) is 0. The number of aliphatic hydroxyl groups excluding tert-OH is 1. The van der Waals surface area contributed by atoms with E-state index in [9.17, 15) is 0 Å². The SMILES string of the molecule is N#C[C@H](CO)Nc1ccccc1. The molecule has 3 heteroatoms. The van der Waals surface area contributed by atoms with E-state index >= 15 is 0 Å². The summed E-state index contributed by atoms with van der Waals surface area (Å²) in [4.78, 5) is 0. The number of hydrogen-bond acceptors (Lipinski definition) is 3. The zero-order valence-corrected chi connectivity index (χ0v) is 6.57. The molecule has 1 atom stereocenters. The fourth-order valence-electron chi connectivity index (χ4n) is 0.854. The van der Waals surface area contributed by atoms with E-state index in [1.54, 1.807) is 0 Å². The Morgan fingerprint density at radius 3 is 2.58 bits per heavy atom. The summed E-state index contributed by atoms with van der Waals surface area (Å²) in [5, 5.41) is 20.1. The molecule has 0 saturated carbocycles. The van der Waals surface area contributed by atoms with Gasteiger partial charge in [-0.25, -0.2) is 0 Å². The zero-order valence-electron chi connectivity index (χ0n) is 6.57. The largest absolute Gasteiger partial charge is 0.393 e. The molecule has 1 aromatic rings. The first-order valence-electron chi connectivity index (χ1n) is 3.69. The molecule has 0 amide bonds. The van der Waals surface area contributed by atoms with Crippen LogP contribution in [0.15, 0.2) is 30.3 Å². The molecule has 0 saturated heterocycles. The maximum absolute atomic E-state index is 8.70. The molecule has 0 spiro atoms. The summed E-state index contributed by atoms with van der Waals surface area (Å²) >= 11 is 0. The molecule has 0 unspecified atom stereocenters. The quantitative estimate of drug-likeness (QED) is 0.696. The van der Waals surface area contributed by atoms with Crippen LogP contribution in [0, 0.1) is 11.3 Å². The van der Waals surface area contributed by atoms with Crippen LogP contribution in [0.4, 0.5) is 5.69 Å². The van der Waals surface area contributed by atoms with Crippen molar-refractivity contribution in [2.45, 2.75) is 6.04 Å². The third-order valence-corrected chi connectivity index (χ3v) is 1.45. The van der Waals surface area contributed by atoms with Crippen LogP contribution in [0.25, 0.3) is 0 Å². The molecule has 0 bridgehead atoms. The summed E-state index contributed by atoms with van der Waals surface area (Å²) < 4.78 is 0. The Morgan fingerprint density at radius 2 is 2.08 bits per heavy atom. The van der Waals surface area contributed by atoms with Gasteiger partial charge in [0, 0.05) is 5.69 Å². The van der Waals surface area contributed by atoms with Crippen molar-refractivity contribution < 1.29 is 5.11 Å². The number of rotatable bonds is 3. The second-order valence-electron chi connectivity index (χ2n) is 2.37. The van der Waals surface area contributed by atoms with E-state index in [0.717, 1.165) is 5.69 Å². The van der Waals surface area contributed by atoms with Crippen LogP contribution in [0.1, 0.15) is 0 Å². The van der Waals surface area contributed by atoms with Gasteiger partial charge in [0.15, 0.2) is 0 Å². The highest BCUT2D eigenvalue weighted by atomic mass is 16.3. The Labute approximate surface area is 71.3 Å². The van der Waals surface area contributed by atoms with Gasteiger partial charge in [-0.3, -0.25) is 0 Å². The maximum Gasteiger partial charge on any atom is 0.137 e. The lowest BCUT2D eigenvalue weighted by Gasteiger charge is -2.08. The van der Waals surface area contributed by atoms with Gasteiger partial charge in [-0.2, -0.15) is 5.26 Å². The lowest BCUT2D eigenvalue weighted by molar-refractivity contribution is 0.293. The second-order valence-corrected chi connectivity index (χ2v) is 2.37. The summed E-state index contributed by atoms with van der Waals surface area (Å²) in [5.41, 5.74) is 0.845. The molecule has 0 aliphatic carbocycles. The van der Waals surface area contributed by atoms with E-state index in [1.165, 1.54) is 0 Å². The lowest BCUT2D eigenvalue weighted by Crippen LogP contribution is -2.21. The number of aliphatic hydroxyl groups is 1. The Morgan fingerprint density at radius 1 is 1.42 bits per heavy atom. The maximum atomic E-state index is 8.70. The van der Waals surface area contributed by atoms with E-state index < -0.39 is 6.04 Å². The minimum absolute atomic E-state index is 0.175. The van der Waals surface area contributed by atoms with Crippen molar-refractivity contribution in [2.24, 2.45) is 0 Å². The van der Waals surface area contributed by atoms with Crippen molar-refractivity contribution in [2.75, 3.05) is 11.9 Å². The first kappa shape index (κ1) is 8.57. The third kappa shape index (κ3) is 2.26. The second kappa shape index (κ2) is 4.37. The van der Waals surface area contributed by atoms with Gasteiger partial charge in [-0.05, 0) is 12.1 Å². The molecule has 0 aliphatic rings. The molecule has 0 heterocycles. The van der Waals surface area contributed by atoms with E-state index in [-0.39, 0.29) is 6.61 Å². The van der Waals surface area contributed by atoms with Crippen LogP contribution in [-0.2, 0) is 0 Å². The lowest BCUT2D eigenvalue weighted by atomic mass is 10.3. The summed E-state index contributed by atoms with van der Waals surface area (Å²) in [7, 11) is 0. The van der Waals surface area contributed by atoms with Crippen LogP contribution in [0.3, 0.4) is 0 Å². The molecule has 3 nitrogen and oxygen atoms in total. The number of anilines is 1. The van der Waals surface area contributed by atoms with E-state index in [0.29, 0.717) is 0 Å². The van der Waals surface area contributed by atoms with Crippen LogP contribution < -0.4 is 5.32 Å². The molecule has 2 N–H and O–H groups in total. The van der Waals surface area contributed by atoms with Gasteiger partial charge in [0.2, 0.25) is 0 Å². The molecule has 62 valence electrons. The molecule has 0 fully saturated rings. The molecule has 0 aliphatic heterocycles. The monoisotopic (exact) mass is 162 g/mol. The first-order chi connectivity index (χ1) is 5.86. The standard InChI is InChI=1S/C9H10N2O/c10-6-9(7-12)11-8-4-2-1-3-5-8/h1-5,9,11-12H,7H2/t9-/m1/s1. The van der Waals surface area contributed by atoms with Gasteiger partial charge in [-0.1, -0.05) is 18.2 Å². The Bertz CT molecular complexity index is 266. The van der Waals surface area contributed by atoms with E-state index in [1.807, 2.05) is 36.4 Å². The van der Waals surface area contributed by atoms with Crippen molar-refractivity contribution >= 4 is 5.69 Å². The summed E-state index contributed by atoms with van der Waals surface area (Å²) in [6.07, 6.45) is 0. The Hall–Kier alpha value is -1.53. The van der Waals surface area contributed by atoms with Gasteiger partial charge in [0.25, 0.3) is 0 Å². The number of nitriles is 1. The van der Waals surface area contributed by atoms with Crippen LogP contribution in [0.5, 0.6) is 0 Å².